The van der Waals surface area contributed by atoms with Gasteiger partial charge in [0.15, 0.2) is 0 Å². The van der Waals surface area contributed by atoms with Crippen LogP contribution < -0.4 is 5.32 Å². The maximum absolute atomic E-state index is 10.8. The lowest BCUT2D eigenvalue weighted by molar-refractivity contribution is -0.0250. The van der Waals surface area contributed by atoms with Crippen molar-refractivity contribution in [3.8, 4) is 0 Å². The quantitative estimate of drug-likeness (QED) is 0.757. The number of hydrogen-bond donors (Lipinski definition) is 2. The molecule has 1 aliphatic heterocycles. The van der Waals surface area contributed by atoms with Crippen LogP contribution in [0.3, 0.4) is 0 Å². The molecule has 1 heterocycles. The molecule has 0 amide bonds. The van der Waals surface area contributed by atoms with Crippen LogP contribution >= 0.6 is 0 Å². The van der Waals surface area contributed by atoms with Crippen LogP contribution in [0.2, 0.25) is 0 Å². The first-order valence-electron chi connectivity index (χ1n) is 6.25. The maximum Gasteiger partial charge on any atom is 0.0867 e. The summed E-state index contributed by atoms with van der Waals surface area (Å²) in [6.45, 7) is 3.07. The zero-order chi connectivity index (χ0) is 11.2. The second kappa shape index (κ2) is 3.57. The highest BCUT2D eigenvalue weighted by molar-refractivity contribution is 5.36. The van der Waals surface area contributed by atoms with Crippen LogP contribution in [0.25, 0.3) is 0 Å². The van der Waals surface area contributed by atoms with Gasteiger partial charge in [-0.25, -0.2) is 0 Å². The summed E-state index contributed by atoms with van der Waals surface area (Å²) in [6, 6.07) is 8.60. The molecule has 3 rings (SSSR count). The number of aliphatic hydroxyl groups is 1. The van der Waals surface area contributed by atoms with Crippen molar-refractivity contribution in [3.63, 3.8) is 0 Å². The summed E-state index contributed by atoms with van der Waals surface area (Å²) in [5.74, 6) is 0.399. The van der Waals surface area contributed by atoms with E-state index in [2.05, 4.69) is 36.5 Å². The number of nitrogens with one attached hydrogen (secondary N) is 1. The van der Waals surface area contributed by atoms with Crippen molar-refractivity contribution < 1.29 is 5.11 Å². The predicted octanol–water partition coefficient (Wildman–Crippen LogP) is 2.38. The van der Waals surface area contributed by atoms with E-state index in [9.17, 15) is 5.11 Å². The molecule has 3 unspecified atom stereocenters. The fraction of sp³-hybridized carbons (Fsp3) is 0.571. The topological polar surface area (TPSA) is 32.3 Å². The Balaban J connectivity index is 1.98. The summed E-state index contributed by atoms with van der Waals surface area (Å²) in [7, 11) is 0. The van der Waals surface area contributed by atoms with Crippen molar-refractivity contribution in [2.24, 2.45) is 5.92 Å². The normalized spacial score (nSPS) is 37.6. The van der Waals surface area contributed by atoms with Gasteiger partial charge in [0, 0.05) is 6.54 Å². The summed E-state index contributed by atoms with van der Waals surface area (Å²) < 4.78 is 0. The van der Waals surface area contributed by atoms with E-state index in [4.69, 9.17) is 0 Å². The van der Waals surface area contributed by atoms with Gasteiger partial charge < -0.3 is 10.4 Å². The molecular formula is C14H19NO. The van der Waals surface area contributed by atoms with Crippen molar-refractivity contribution in [1.82, 2.24) is 5.32 Å². The Morgan fingerprint density at radius 1 is 1.38 bits per heavy atom. The van der Waals surface area contributed by atoms with E-state index in [0.29, 0.717) is 5.92 Å². The first-order valence-corrected chi connectivity index (χ1v) is 6.25. The molecule has 1 aromatic rings. The fourth-order valence-corrected chi connectivity index (χ4v) is 3.36. The Labute approximate surface area is 96.7 Å². The first-order chi connectivity index (χ1) is 7.72. The van der Waals surface area contributed by atoms with Crippen molar-refractivity contribution >= 4 is 0 Å². The van der Waals surface area contributed by atoms with Gasteiger partial charge in [-0.3, -0.25) is 0 Å². The van der Waals surface area contributed by atoms with Crippen LogP contribution in [0.1, 0.15) is 43.4 Å². The average molecular weight is 217 g/mol. The van der Waals surface area contributed by atoms with Crippen LogP contribution in [-0.2, 0) is 6.54 Å². The number of benzene rings is 1. The summed E-state index contributed by atoms with van der Waals surface area (Å²) >= 11 is 0. The van der Waals surface area contributed by atoms with E-state index in [-0.39, 0.29) is 6.04 Å². The lowest BCUT2D eigenvalue weighted by Gasteiger charge is -2.34. The third kappa shape index (κ3) is 1.33. The molecule has 0 aromatic heterocycles. The molecule has 0 spiro atoms. The molecule has 2 N–H and O–H groups in total. The Hall–Kier alpha value is -0.860. The smallest absolute Gasteiger partial charge is 0.0867 e. The van der Waals surface area contributed by atoms with Gasteiger partial charge in [-0.15, -0.1) is 0 Å². The molecule has 86 valence electrons. The Kier molecular flexibility index (Phi) is 2.30. The molecule has 0 saturated heterocycles. The predicted molar refractivity (Wildman–Crippen MR) is 64.0 cm³/mol. The van der Waals surface area contributed by atoms with Crippen LogP contribution in [0.4, 0.5) is 0 Å². The minimum atomic E-state index is -0.535. The third-order valence-corrected chi connectivity index (χ3v) is 4.43. The zero-order valence-electron chi connectivity index (χ0n) is 9.74. The summed E-state index contributed by atoms with van der Waals surface area (Å²) in [4.78, 5) is 0. The molecule has 0 radical (unpaired) electrons. The SMILES string of the molecule is CC1CCCC1(O)C1NCc2ccccc21. The highest BCUT2D eigenvalue weighted by Gasteiger charge is 2.47. The molecule has 1 fully saturated rings. The molecule has 2 aliphatic rings. The van der Waals surface area contributed by atoms with Gasteiger partial charge in [0.25, 0.3) is 0 Å². The Bertz CT molecular complexity index is 403. The van der Waals surface area contributed by atoms with Gasteiger partial charge in [0.2, 0.25) is 0 Å². The second-order valence-electron chi connectivity index (χ2n) is 5.30. The average Bonchev–Trinajstić information content (AvgIpc) is 2.85. The monoisotopic (exact) mass is 217 g/mol. The standard InChI is InChI=1S/C14H19NO/c1-10-5-4-8-14(10,16)13-12-7-3-2-6-11(12)9-15-13/h2-3,6-7,10,13,15-16H,4-5,8-9H2,1H3. The summed E-state index contributed by atoms with van der Waals surface area (Å²) in [6.07, 6.45) is 3.23. The summed E-state index contributed by atoms with van der Waals surface area (Å²) in [5.41, 5.74) is 2.12. The molecule has 3 atom stereocenters. The molecule has 1 aromatic carbocycles. The molecule has 0 bridgehead atoms. The second-order valence-corrected chi connectivity index (χ2v) is 5.30. The molecule has 2 heteroatoms. The van der Waals surface area contributed by atoms with Crippen molar-refractivity contribution in [2.45, 2.75) is 44.4 Å². The van der Waals surface area contributed by atoms with Gasteiger partial charge in [0.1, 0.15) is 0 Å². The highest BCUT2D eigenvalue weighted by Crippen LogP contribution is 2.46. The van der Waals surface area contributed by atoms with E-state index in [1.807, 2.05) is 0 Å². The van der Waals surface area contributed by atoms with E-state index < -0.39 is 5.60 Å². The van der Waals surface area contributed by atoms with Crippen molar-refractivity contribution in [3.05, 3.63) is 35.4 Å². The van der Waals surface area contributed by atoms with Gasteiger partial charge in [-0.05, 0) is 29.9 Å². The minimum Gasteiger partial charge on any atom is -0.388 e. The number of rotatable bonds is 1. The minimum absolute atomic E-state index is 0.140. The summed E-state index contributed by atoms with van der Waals surface area (Å²) in [5, 5.41) is 14.3. The largest absolute Gasteiger partial charge is 0.388 e. The van der Waals surface area contributed by atoms with E-state index in [0.717, 1.165) is 25.8 Å². The lowest BCUT2D eigenvalue weighted by Crippen LogP contribution is -2.43. The van der Waals surface area contributed by atoms with E-state index in [1.165, 1.54) is 11.1 Å². The van der Waals surface area contributed by atoms with Crippen LogP contribution in [0, 0.1) is 5.92 Å². The van der Waals surface area contributed by atoms with Crippen LogP contribution in [0.5, 0.6) is 0 Å². The van der Waals surface area contributed by atoms with Crippen LogP contribution in [-0.4, -0.2) is 10.7 Å². The number of hydrogen-bond acceptors (Lipinski definition) is 2. The Morgan fingerprint density at radius 3 is 2.94 bits per heavy atom. The maximum atomic E-state index is 10.8. The van der Waals surface area contributed by atoms with Gasteiger partial charge in [0.05, 0.1) is 11.6 Å². The molecule has 1 saturated carbocycles. The lowest BCUT2D eigenvalue weighted by atomic mass is 9.82. The molecule has 16 heavy (non-hydrogen) atoms. The first kappa shape index (κ1) is 10.3. The van der Waals surface area contributed by atoms with Gasteiger partial charge >= 0.3 is 0 Å². The fourth-order valence-electron chi connectivity index (χ4n) is 3.36. The third-order valence-electron chi connectivity index (χ3n) is 4.43. The van der Waals surface area contributed by atoms with E-state index in [1.54, 1.807) is 0 Å². The molecule has 2 nitrogen and oxygen atoms in total. The number of fused-ring (bicyclic) bond motifs is 1. The van der Waals surface area contributed by atoms with Crippen molar-refractivity contribution in [2.75, 3.05) is 0 Å². The molecular weight excluding hydrogens is 198 g/mol. The van der Waals surface area contributed by atoms with Gasteiger partial charge in [-0.2, -0.15) is 0 Å². The van der Waals surface area contributed by atoms with E-state index >= 15 is 0 Å². The van der Waals surface area contributed by atoms with Crippen LogP contribution in [0.15, 0.2) is 24.3 Å². The highest BCUT2D eigenvalue weighted by atomic mass is 16.3. The zero-order valence-corrected chi connectivity index (χ0v) is 9.74. The molecule has 1 aliphatic carbocycles. The van der Waals surface area contributed by atoms with Gasteiger partial charge in [-0.1, -0.05) is 37.6 Å². The Morgan fingerprint density at radius 2 is 2.19 bits per heavy atom. The van der Waals surface area contributed by atoms with Crippen molar-refractivity contribution in [1.29, 1.82) is 0 Å².